The Labute approximate surface area is 199 Å². The van der Waals surface area contributed by atoms with E-state index in [0.29, 0.717) is 0 Å². The Morgan fingerprint density at radius 3 is 2.39 bits per heavy atom. The maximum absolute atomic E-state index is 12.7. The molecule has 1 atom stereocenters. The van der Waals surface area contributed by atoms with Crippen LogP contribution >= 0.6 is 0 Å². The van der Waals surface area contributed by atoms with E-state index in [1.807, 2.05) is 37.8 Å². The first-order chi connectivity index (χ1) is 15.5. The molecule has 1 amide bonds. The second-order valence-corrected chi connectivity index (χ2v) is 10.8. The van der Waals surface area contributed by atoms with Crippen molar-refractivity contribution in [3.8, 4) is 11.5 Å². The summed E-state index contributed by atoms with van der Waals surface area (Å²) in [6.45, 7) is 12.8. The van der Waals surface area contributed by atoms with Gasteiger partial charge in [0.1, 0.15) is 11.5 Å². The van der Waals surface area contributed by atoms with E-state index in [1.165, 1.54) is 16.7 Å². The summed E-state index contributed by atoms with van der Waals surface area (Å²) in [4.78, 5) is 14.7. The minimum atomic E-state index is -0.346. The zero-order chi connectivity index (χ0) is 24.2. The van der Waals surface area contributed by atoms with Gasteiger partial charge < -0.3 is 19.7 Å². The lowest BCUT2D eigenvalue weighted by Crippen LogP contribution is -2.55. The monoisotopic (exact) mass is 452 g/mol. The molecule has 1 aliphatic heterocycles. The molecule has 3 rings (SSSR count). The molecule has 2 aromatic rings. The molecule has 1 fully saturated rings. The quantitative estimate of drug-likeness (QED) is 0.666. The average molecular weight is 453 g/mol. The average Bonchev–Trinajstić information content (AvgIpc) is 2.79. The smallest absolute Gasteiger partial charge is 0.228 e. The number of rotatable bonds is 7. The molecule has 2 aromatic carbocycles. The summed E-state index contributed by atoms with van der Waals surface area (Å²) in [6, 6.07) is 15.0. The van der Waals surface area contributed by atoms with Crippen LogP contribution in [-0.4, -0.2) is 50.7 Å². The van der Waals surface area contributed by atoms with Gasteiger partial charge in [-0.1, -0.05) is 65.0 Å². The van der Waals surface area contributed by atoms with Gasteiger partial charge >= 0.3 is 0 Å². The first kappa shape index (κ1) is 25.1. The van der Waals surface area contributed by atoms with Crippen LogP contribution < -0.4 is 14.8 Å². The van der Waals surface area contributed by atoms with Crippen molar-refractivity contribution in [2.24, 2.45) is 5.41 Å². The van der Waals surface area contributed by atoms with Crippen LogP contribution in [0, 0.1) is 5.41 Å². The number of ether oxygens (including phenoxy) is 2. The number of piperazine rings is 1. The third-order valence-corrected chi connectivity index (χ3v) is 6.49. The summed E-state index contributed by atoms with van der Waals surface area (Å²) < 4.78 is 11.4. The molecule has 5 heteroatoms. The number of benzene rings is 2. The molecule has 1 aliphatic rings. The molecular weight excluding hydrogens is 412 g/mol. The van der Waals surface area contributed by atoms with Gasteiger partial charge in [-0.2, -0.15) is 0 Å². The highest BCUT2D eigenvalue weighted by atomic mass is 16.5. The van der Waals surface area contributed by atoms with E-state index in [0.717, 1.165) is 44.0 Å². The second-order valence-electron chi connectivity index (χ2n) is 10.8. The van der Waals surface area contributed by atoms with E-state index in [-0.39, 0.29) is 22.8 Å². The zero-order valence-corrected chi connectivity index (χ0v) is 21.3. The number of hydrogen-bond acceptors (Lipinski definition) is 4. The number of nitrogens with zero attached hydrogens (tertiary/aromatic N) is 1. The normalized spacial score (nSPS) is 17.1. The lowest BCUT2D eigenvalue weighted by molar-refractivity contribution is -0.140. The standard InChI is InChI=1S/C28H40N2O3/c1-27(2,3)26(31)30-15-14-29-22(19-30)16-20-12-13-21(25(17-20)33-7)18-28(4,5)23-10-8-9-11-24(23)32-6/h8-13,17,22,29H,14-16,18-19H2,1-7H3. The van der Waals surface area contributed by atoms with Gasteiger partial charge in [0.25, 0.3) is 0 Å². The molecule has 0 spiro atoms. The SMILES string of the molecule is COc1cc(CC2CN(C(=O)C(C)(C)C)CCN2)ccc1CC(C)(C)c1ccccc1OC. The Morgan fingerprint density at radius 1 is 1.03 bits per heavy atom. The first-order valence-electron chi connectivity index (χ1n) is 11.9. The van der Waals surface area contributed by atoms with Crippen LogP contribution in [0.1, 0.15) is 51.3 Å². The van der Waals surface area contributed by atoms with Crippen molar-refractivity contribution >= 4 is 5.91 Å². The largest absolute Gasteiger partial charge is 0.496 e. The van der Waals surface area contributed by atoms with E-state index in [4.69, 9.17) is 9.47 Å². The predicted octanol–water partition coefficient (Wildman–Crippen LogP) is 4.61. The van der Waals surface area contributed by atoms with Crippen LogP contribution in [-0.2, 0) is 23.1 Å². The van der Waals surface area contributed by atoms with Gasteiger partial charge in [-0.25, -0.2) is 0 Å². The fourth-order valence-corrected chi connectivity index (χ4v) is 4.74. The van der Waals surface area contributed by atoms with Crippen LogP contribution in [0.2, 0.25) is 0 Å². The summed E-state index contributed by atoms with van der Waals surface area (Å²) in [7, 11) is 3.46. The summed E-state index contributed by atoms with van der Waals surface area (Å²) in [5, 5.41) is 3.58. The Morgan fingerprint density at radius 2 is 1.73 bits per heavy atom. The summed E-state index contributed by atoms with van der Waals surface area (Å²) in [5.41, 5.74) is 3.13. The topological polar surface area (TPSA) is 50.8 Å². The molecule has 0 aliphatic carbocycles. The lowest BCUT2D eigenvalue weighted by atomic mass is 9.78. The molecule has 0 saturated carbocycles. The Hall–Kier alpha value is -2.53. The molecule has 1 N–H and O–H groups in total. The third kappa shape index (κ3) is 6.08. The van der Waals surface area contributed by atoms with Gasteiger partial charge in [0.05, 0.1) is 14.2 Å². The minimum Gasteiger partial charge on any atom is -0.496 e. The highest BCUT2D eigenvalue weighted by Gasteiger charge is 2.31. The molecule has 0 radical (unpaired) electrons. The van der Waals surface area contributed by atoms with Gasteiger partial charge in [-0.15, -0.1) is 0 Å². The zero-order valence-electron chi connectivity index (χ0n) is 21.3. The Bertz CT molecular complexity index is 962. The molecule has 1 heterocycles. The number of amides is 1. The lowest BCUT2D eigenvalue weighted by Gasteiger charge is -2.37. The molecule has 1 unspecified atom stereocenters. The van der Waals surface area contributed by atoms with Gasteiger partial charge in [0.15, 0.2) is 0 Å². The van der Waals surface area contributed by atoms with Gasteiger partial charge in [-0.3, -0.25) is 4.79 Å². The molecule has 180 valence electrons. The number of hydrogen-bond donors (Lipinski definition) is 1. The van der Waals surface area contributed by atoms with Crippen molar-refractivity contribution in [3.05, 3.63) is 59.2 Å². The fraction of sp³-hybridized carbons (Fsp3) is 0.536. The maximum atomic E-state index is 12.7. The van der Waals surface area contributed by atoms with Crippen molar-refractivity contribution in [1.82, 2.24) is 10.2 Å². The van der Waals surface area contributed by atoms with Crippen LogP contribution in [0.25, 0.3) is 0 Å². The Kier molecular flexibility index (Phi) is 7.73. The van der Waals surface area contributed by atoms with Crippen LogP contribution in [0.4, 0.5) is 0 Å². The summed E-state index contributed by atoms with van der Waals surface area (Å²) in [5.74, 6) is 2.05. The number of nitrogens with one attached hydrogen (secondary N) is 1. The van der Waals surface area contributed by atoms with E-state index < -0.39 is 0 Å². The highest BCUT2D eigenvalue weighted by molar-refractivity contribution is 5.81. The predicted molar refractivity (Wildman–Crippen MR) is 134 cm³/mol. The van der Waals surface area contributed by atoms with Gasteiger partial charge in [0.2, 0.25) is 5.91 Å². The third-order valence-electron chi connectivity index (χ3n) is 6.49. The summed E-state index contributed by atoms with van der Waals surface area (Å²) >= 11 is 0. The number of carbonyl (C=O) groups is 1. The van der Waals surface area contributed by atoms with Gasteiger partial charge in [0, 0.05) is 36.7 Å². The Balaban J connectivity index is 1.74. The van der Waals surface area contributed by atoms with Crippen LogP contribution in [0.3, 0.4) is 0 Å². The van der Waals surface area contributed by atoms with E-state index in [1.54, 1.807) is 14.2 Å². The maximum Gasteiger partial charge on any atom is 0.228 e. The molecule has 0 aromatic heterocycles. The number of para-hydroxylation sites is 1. The van der Waals surface area contributed by atoms with Crippen LogP contribution in [0.15, 0.2) is 42.5 Å². The molecule has 33 heavy (non-hydrogen) atoms. The van der Waals surface area contributed by atoms with Gasteiger partial charge in [-0.05, 0) is 41.5 Å². The first-order valence-corrected chi connectivity index (χ1v) is 11.9. The van der Waals surface area contributed by atoms with Crippen molar-refractivity contribution in [2.75, 3.05) is 33.9 Å². The molecule has 1 saturated heterocycles. The van der Waals surface area contributed by atoms with Crippen molar-refractivity contribution in [3.63, 3.8) is 0 Å². The van der Waals surface area contributed by atoms with Crippen molar-refractivity contribution < 1.29 is 14.3 Å². The number of methoxy groups -OCH3 is 2. The molecular formula is C28H40N2O3. The van der Waals surface area contributed by atoms with E-state index in [2.05, 4.69) is 49.5 Å². The minimum absolute atomic E-state index is 0.111. The summed E-state index contributed by atoms with van der Waals surface area (Å²) in [6.07, 6.45) is 1.70. The van der Waals surface area contributed by atoms with Crippen molar-refractivity contribution in [2.45, 2.75) is 58.9 Å². The molecule has 0 bridgehead atoms. The fourth-order valence-electron chi connectivity index (χ4n) is 4.74. The van der Waals surface area contributed by atoms with E-state index in [9.17, 15) is 4.79 Å². The van der Waals surface area contributed by atoms with Crippen LogP contribution in [0.5, 0.6) is 11.5 Å². The van der Waals surface area contributed by atoms with Crippen molar-refractivity contribution in [1.29, 1.82) is 0 Å². The molecule has 5 nitrogen and oxygen atoms in total. The highest BCUT2D eigenvalue weighted by Crippen LogP contribution is 2.36. The number of carbonyl (C=O) groups excluding carboxylic acids is 1. The second kappa shape index (κ2) is 10.2. The van der Waals surface area contributed by atoms with E-state index >= 15 is 0 Å².